The number of halogens is 1. The molecular weight excluding hydrogens is 261 g/mol. The average Bonchev–Trinajstić information content (AvgIpc) is 3.28. The van der Waals surface area contributed by atoms with E-state index in [9.17, 15) is 4.39 Å². The Morgan fingerprint density at radius 2 is 1.81 bits per heavy atom. The van der Waals surface area contributed by atoms with Crippen molar-refractivity contribution in [2.45, 2.75) is 64.3 Å². The predicted molar refractivity (Wildman–Crippen MR) is 85.9 cm³/mol. The lowest BCUT2D eigenvalue weighted by atomic mass is 9.82. The van der Waals surface area contributed by atoms with Crippen LogP contribution in [0.5, 0.6) is 0 Å². The molecule has 21 heavy (non-hydrogen) atoms. The molecule has 1 N–H and O–H groups in total. The molecule has 0 spiro atoms. The minimum absolute atomic E-state index is 0.0862. The van der Waals surface area contributed by atoms with E-state index in [1.54, 1.807) is 12.1 Å². The van der Waals surface area contributed by atoms with E-state index in [0.717, 1.165) is 24.3 Å². The Morgan fingerprint density at radius 1 is 1.05 bits per heavy atom. The molecule has 2 fully saturated rings. The number of nitrogens with one attached hydrogen (secondary N) is 1. The Balaban J connectivity index is 1.67. The van der Waals surface area contributed by atoms with Crippen molar-refractivity contribution < 1.29 is 4.39 Å². The van der Waals surface area contributed by atoms with Crippen LogP contribution in [0.15, 0.2) is 18.2 Å². The first-order valence-corrected chi connectivity index (χ1v) is 8.71. The first kappa shape index (κ1) is 15.0. The van der Waals surface area contributed by atoms with Crippen LogP contribution >= 0.6 is 0 Å². The summed E-state index contributed by atoms with van der Waals surface area (Å²) in [6.07, 6.45) is 10.5. The van der Waals surface area contributed by atoms with Gasteiger partial charge in [-0.1, -0.05) is 25.3 Å². The SMILES string of the molecule is Cc1ccc(F)cc1CC1CCCCCC1CNC1CC1. The van der Waals surface area contributed by atoms with Crippen molar-refractivity contribution in [3.63, 3.8) is 0 Å². The van der Waals surface area contributed by atoms with E-state index >= 15 is 0 Å². The van der Waals surface area contributed by atoms with Crippen molar-refractivity contribution in [2.75, 3.05) is 6.54 Å². The van der Waals surface area contributed by atoms with Gasteiger partial charge >= 0.3 is 0 Å². The maximum absolute atomic E-state index is 13.5. The lowest BCUT2D eigenvalue weighted by Crippen LogP contribution is -2.30. The van der Waals surface area contributed by atoms with Crippen LogP contribution in [-0.4, -0.2) is 12.6 Å². The molecule has 116 valence electrons. The summed E-state index contributed by atoms with van der Waals surface area (Å²) < 4.78 is 13.5. The molecule has 0 heterocycles. The van der Waals surface area contributed by atoms with E-state index in [4.69, 9.17) is 0 Å². The van der Waals surface area contributed by atoms with Crippen molar-refractivity contribution in [1.82, 2.24) is 5.32 Å². The molecule has 0 bridgehead atoms. The van der Waals surface area contributed by atoms with Crippen LogP contribution in [0, 0.1) is 24.6 Å². The second kappa shape index (κ2) is 6.91. The molecule has 2 saturated carbocycles. The van der Waals surface area contributed by atoms with Gasteiger partial charge in [-0.3, -0.25) is 0 Å². The number of hydrogen-bond donors (Lipinski definition) is 1. The molecule has 1 nitrogen and oxygen atoms in total. The third kappa shape index (κ3) is 4.29. The number of aryl methyl sites for hydroxylation is 1. The van der Waals surface area contributed by atoms with Crippen LogP contribution in [0.25, 0.3) is 0 Å². The standard InChI is InChI=1S/C19H28FN/c1-14-7-8-18(20)12-17(14)11-15-5-3-2-4-6-16(15)13-21-19-9-10-19/h7-8,12,15-16,19,21H,2-6,9-11,13H2,1H3. The maximum atomic E-state index is 13.5. The lowest BCUT2D eigenvalue weighted by molar-refractivity contribution is 0.296. The molecule has 2 heteroatoms. The minimum Gasteiger partial charge on any atom is -0.314 e. The highest BCUT2D eigenvalue weighted by atomic mass is 19.1. The van der Waals surface area contributed by atoms with Crippen LogP contribution in [0.1, 0.15) is 56.1 Å². The topological polar surface area (TPSA) is 12.0 Å². The van der Waals surface area contributed by atoms with Gasteiger partial charge in [-0.2, -0.15) is 0 Å². The monoisotopic (exact) mass is 289 g/mol. The Kier molecular flexibility index (Phi) is 4.95. The largest absolute Gasteiger partial charge is 0.314 e. The highest BCUT2D eigenvalue weighted by Gasteiger charge is 2.27. The first-order chi connectivity index (χ1) is 10.2. The molecule has 2 atom stereocenters. The Bertz CT molecular complexity index is 467. The summed E-state index contributed by atoms with van der Waals surface area (Å²) in [7, 11) is 0. The summed E-state index contributed by atoms with van der Waals surface area (Å²) in [6, 6.07) is 6.06. The molecule has 0 aromatic heterocycles. The van der Waals surface area contributed by atoms with E-state index in [0.29, 0.717) is 0 Å². The van der Waals surface area contributed by atoms with Crippen LogP contribution in [0.3, 0.4) is 0 Å². The Morgan fingerprint density at radius 3 is 2.57 bits per heavy atom. The second-order valence-corrected chi connectivity index (χ2v) is 7.12. The highest BCUT2D eigenvalue weighted by molar-refractivity contribution is 5.27. The third-order valence-corrected chi connectivity index (χ3v) is 5.36. The van der Waals surface area contributed by atoms with Crippen molar-refractivity contribution in [3.8, 4) is 0 Å². The zero-order chi connectivity index (χ0) is 14.7. The fourth-order valence-electron chi connectivity index (χ4n) is 3.75. The van der Waals surface area contributed by atoms with Gasteiger partial charge in [0.2, 0.25) is 0 Å². The summed E-state index contributed by atoms with van der Waals surface area (Å²) in [5.74, 6) is 1.41. The molecule has 2 unspecified atom stereocenters. The molecule has 3 rings (SSSR count). The summed E-state index contributed by atoms with van der Waals surface area (Å²) in [5, 5.41) is 3.72. The first-order valence-electron chi connectivity index (χ1n) is 8.71. The van der Waals surface area contributed by atoms with E-state index in [2.05, 4.69) is 12.2 Å². The average molecular weight is 289 g/mol. The Hall–Kier alpha value is -0.890. The van der Waals surface area contributed by atoms with Crippen LogP contribution in [0.2, 0.25) is 0 Å². The molecule has 0 aliphatic heterocycles. The predicted octanol–water partition coefficient (Wildman–Crippen LogP) is 4.63. The number of rotatable bonds is 5. The van der Waals surface area contributed by atoms with Gasteiger partial charge in [0.15, 0.2) is 0 Å². The highest BCUT2D eigenvalue weighted by Crippen LogP contribution is 2.32. The van der Waals surface area contributed by atoms with Gasteiger partial charge < -0.3 is 5.32 Å². The number of benzene rings is 1. The second-order valence-electron chi connectivity index (χ2n) is 7.12. The molecule has 0 amide bonds. The third-order valence-electron chi connectivity index (χ3n) is 5.36. The van der Waals surface area contributed by atoms with Gasteiger partial charge in [-0.15, -0.1) is 0 Å². The fraction of sp³-hybridized carbons (Fsp3) is 0.684. The summed E-state index contributed by atoms with van der Waals surface area (Å²) >= 11 is 0. The Labute approximate surface area is 128 Å². The van der Waals surface area contributed by atoms with Crippen LogP contribution < -0.4 is 5.32 Å². The van der Waals surface area contributed by atoms with E-state index in [1.165, 1.54) is 62.6 Å². The fourth-order valence-corrected chi connectivity index (χ4v) is 3.75. The van der Waals surface area contributed by atoms with Gasteiger partial charge in [-0.25, -0.2) is 4.39 Å². The zero-order valence-corrected chi connectivity index (χ0v) is 13.2. The summed E-state index contributed by atoms with van der Waals surface area (Å²) in [5.41, 5.74) is 2.47. The molecule has 2 aliphatic carbocycles. The van der Waals surface area contributed by atoms with Gasteiger partial charge in [0.05, 0.1) is 0 Å². The summed E-state index contributed by atoms with van der Waals surface area (Å²) in [4.78, 5) is 0. The lowest BCUT2D eigenvalue weighted by Gasteiger charge is -2.26. The van der Waals surface area contributed by atoms with Gasteiger partial charge in [0, 0.05) is 6.04 Å². The maximum Gasteiger partial charge on any atom is 0.123 e. The van der Waals surface area contributed by atoms with Gasteiger partial charge in [-0.05, 0) is 80.7 Å². The van der Waals surface area contributed by atoms with Crippen molar-refractivity contribution in [3.05, 3.63) is 35.1 Å². The molecule has 1 aromatic rings. The van der Waals surface area contributed by atoms with E-state index in [1.807, 2.05) is 6.07 Å². The molecule has 1 aromatic carbocycles. The van der Waals surface area contributed by atoms with Crippen LogP contribution in [0.4, 0.5) is 4.39 Å². The minimum atomic E-state index is -0.0862. The van der Waals surface area contributed by atoms with Gasteiger partial charge in [0.1, 0.15) is 5.82 Å². The van der Waals surface area contributed by atoms with E-state index < -0.39 is 0 Å². The number of hydrogen-bond acceptors (Lipinski definition) is 1. The van der Waals surface area contributed by atoms with Crippen LogP contribution in [-0.2, 0) is 6.42 Å². The zero-order valence-electron chi connectivity index (χ0n) is 13.2. The smallest absolute Gasteiger partial charge is 0.123 e. The van der Waals surface area contributed by atoms with Crippen molar-refractivity contribution in [2.24, 2.45) is 11.8 Å². The molecule has 2 aliphatic rings. The molecule has 0 radical (unpaired) electrons. The quantitative estimate of drug-likeness (QED) is 0.780. The van der Waals surface area contributed by atoms with Crippen molar-refractivity contribution >= 4 is 0 Å². The molecule has 0 saturated heterocycles. The summed E-state index contributed by atoms with van der Waals surface area (Å²) in [6.45, 7) is 3.28. The normalized spacial score (nSPS) is 26.6. The van der Waals surface area contributed by atoms with Gasteiger partial charge in [0.25, 0.3) is 0 Å². The molecular formula is C19H28FN. The van der Waals surface area contributed by atoms with E-state index in [-0.39, 0.29) is 5.82 Å². The van der Waals surface area contributed by atoms with Crippen molar-refractivity contribution in [1.29, 1.82) is 0 Å².